The van der Waals surface area contributed by atoms with Crippen molar-refractivity contribution in [1.29, 1.82) is 0 Å². The number of nitrogens with zero attached hydrogens (tertiary/aromatic N) is 2. The van der Waals surface area contributed by atoms with Gasteiger partial charge in [-0.3, -0.25) is 9.59 Å². The molecule has 0 spiro atoms. The van der Waals surface area contributed by atoms with Crippen molar-refractivity contribution in [1.82, 2.24) is 9.80 Å². The monoisotopic (exact) mass is 423 g/mol. The van der Waals surface area contributed by atoms with Crippen LogP contribution >= 0.6 is 11.6 Å². The van der Waals surface area contributed by atoms with Gasteiger partial charge >= 0.3 is 0 Å². The SMILES string of the molecule is CCN(CC)C(=O)c1ccc(Nc2cccc(C(=O)N(C)C)c2)c2cccc(Cl)c12. The van der Waals surface area contributed by atoms with E-state index in [4.69, 9.17) is 11.6 Å². The van der Waals surface area contributed by atoms with Crippen LogP contribution in [0.5, 0.6) is 0 Å². The van der Waals surface area contributed by atoms with Gasteiger partial charge in [-0.15, -0.1) is 0 Å². The summed E-state index contributed by atoms with van der Waals surface area (Å²) in [4.78, 5) is 28.6. The maximum absolute atomic E-state index is 13.0. The van der Waals surface area contributed by atoms with Crippen LogP contribution in [-0.2, 0) is 0 Å². The fourth-order valence-electron chi connectivity index (χ4n) is 3.47. The molecule has 3 rings (SSSR count). The van der Waals surface area contributed by atoms with E-state index in [1.165, 1.54) is 0 Å². The summed E-state index contributed by atoms with van der Waals surface area (Å²) < 4.78 is 0. The molecule has 0 heterocycles. The Bertz CT molecular complexity index is 1090. The average Bonchev–Trinajstić information content (AvgIpc) is 2.74. The van der Waals surface area contributed by atoms with E-state index in [0.717, 1.165) is 22.1 Å². The lowest BCUT2D eigenvalue weighted by Crippen LogP contribution is -2.30. The zero-order valence-corrected chi connectivity index (χ0v) is 18.5. The van der Waals surface area contributed by atoms with Crippen molar-refractivity contribution in [2.24, 2.45) is 0 Å². The molecule has 0 bridgehead atoms. The van der Waals surface area contributed by atoms with E-state index < -0.39 is 0 Å². The summed E-state index contributed by atoms with van der Waals surface area (Å²) in [5.74, 6) is -0.102. The first-order valence-corrected chi connectivity index (χ1v) is 10.3. The van der Waals surface area contributed by atoms with Gasteiger partial charge in [0.1, 0.15) is 0 Å². The van der Waals surface area contributed by atoms with Gasteiger partial charge in [-0.05, 0) is 50.2 Å². The summed E-state index contributed by atoms with van der Waals surface area (Å²) in [6.45, 7) is 5.19. The highest BCUT2D eigenvalue weighted by molar-refractivity contribution is 6.37. The minimum absolute atomic E-state index is 0.0387. The number of rotatable bonds is 6. The summed E-state index contributed by atoms with van der Waals surface area (Å²) in [5.41, 5.74) is 2.78. The number of amides is 2. The number of carbonyl (C=O) groups is 2. The molecule has 0 aliphatic heterocycles. The second-order valence-electron chi connectivity index (χ2n) is 7.21. The van der Waals surface area contributed by atoms with Crippen LogP contribution in [0.25, 0.3) is 10.8 Å². The highest BCUT2D eigenvalue weighted by Crippen LogP contribution is 2.34. The third kappa shape index (κ3) is 4.26. The number of fused-ring (bicyclic) bond motifs is 1. The molecule has 1 N–H and O–H groups in total. The van der Waals surface area contributed by atoms with E-state index in [-0.39, 0.29) is 11.8 Å². The van der Waals surface area contributed by atoms with Gasteiger partial charge in [0.2, 0.25) is 0 Å². The largest absolute Gasteiger partial charge is 0.355 e. The molecular formula is C24H26ClN3O2. The Morgan fingerprint density at radius 1 is 0.933 bits per heavy atom. The molecule has 0 atom stereocenters. The summed E-state index contributed by atoms with van der Waals surface area (Å²) in [6, 6.07) is 16.6. The van der Waals surface area contributed by atoms with Crippen molar-refractivity contribution in [3.05, 3.63) is 70.7 Å². The van der Waals surface area contributed by atoms with E-state index in [2.05, 4.69) is 5.32 Å². The second kappa shape index (κ2) is 9.18. The Labute approximate surface area is 182 Å². The van der Waals surface area contributed by atoms with Gasteiger partial charge in [0.25, 0.3) is 11.8 Å². The maximum Gasteiger partial charge on any atom is 0.254 e. The Hall–Kier alpha value is -3.05. The molecule has 0 aliphatic carbocycles. The summed E-state index contributed by atoms with van der Waals surface area (Å²) >= 11 is 6.53. The predicted octanol–water partition coefficient (Wildman–Crippen LogP) is 5.42. The highest BCUT2D eigenvalue weighted by atomic mass is 35.5. The Morgan fingerprint density at radius 2 is 1.63 bits per heavy atom. The van der Waals surface area contributed by atoms with Crippen LogP contribution in [0.1, 0.15) is 34.6 Å². The van der Waals surface area contributed by atoms with Crippen LogP contribution in [0.15, 0.2) is 54.6 Å². The van der Waals surface area contributed by atoms with Gasteiger partial charge < -0.3 is 15.1 Å². The highest BCUT2D eigenvalue weighted by Gasteiger charge is 2.19. The van der Waals surface area contributed by atoms with Crippen LogP contribution in [0, 0.1) is 0 Å². The molecule has 0 aliphatic rings. The smallest absolute Gasteiger partial charge is 0.254 e. The zero-order valence-electron chi connectivity index (χ0n) is 17.7. The fraction of sp³-hybridized carbons (Fsp3) is 0.250. The minimum atomic E-state index is -0.0632. The number of hydrogen-bond acceptors (Lipinski definition) is 3. The molecule has 0 radical (unpaired) electrons. The zero-order chi connectivity index (χ0) is 21.8. The van der Waals surface area contributed by atoms with Crippen molar-refractivity contribution in [3.8, 4) is 0 Å². The molecule has 30 heavy (non-hydrogen) atoms. The number of hydrogen-bond donors (Lipinski definition) is 1. The first-order valence-electron chi connectivity index (χ1n) is 9.96. The summed E-state index contributed by atoms with van der Waals surface area (Å²) in [7, 11) is 3.45. The van der Waals surface area contributed by atoms with Gasteiger partial charge in [-0.1, -0.05) is 29.8 Å². The Kier molecular flexibility index (Phi) is 6.63. The maximum atomic E-state index is 13.0. The lowest BCUT2D eigenvalue weighted by Gasteiger charge is -2.21. The molecule has 0 saturated carbocycles. The fourth-order valence-corrected chi connectivity index (χ4v) is 3.75. The molecule has 3 aromatic carbocycles. The molecule has 0 unspecified atom stereocenters. The average molecular weight is 424 g/mol. The van der Waals surface area contributed by atoms with Gasteiger partial charge in [0.15, 0.2) is 0 Å². The van der Waals surface area contributed by atoms with Crippen molar-refractivity contribution in [2.75, 3.05) is 32.5 Å². The van der Waals surface area contributed by atoms with Crippen molar-refractivity contribution in [2.45, 2.75) is 13.8 Å². The number of halogens is 1. The van der Waals surface area contributed by atoms with Crippen molar-refractivity contribution >= 4 is 45.6 Å². The normalized spacial score (nSPS) is 10.7. The molecule has 3 aromatic rings. The van der Waals surface area contributed by atoms with Gasteiger partial charge in [-0.25, -0.2) is 0 Å². The van der Waals surface area contributed by atoms with E-state index in [0.29, 0.717) is 29.2 Å². The van der Waals surface area contributed by atoms with Crippen LogP contribution in [0.3, 0.4) is 0 Å². The van der Waals surface area contributed by atoms with Crippen LogP contribution < -0.4 is 5.32 Å². The molecule has 0 saturated heterocycles. The van der Waals surface area contributed by atoms with Crippen LogP contribution in [0.2, 0.25) is 5.02 Å². The lowest BCUT2D eigenvalue weighted by atomic mass is 10.0. The van der Waals surface area contributed by atoms with E-state index in [1.54, 1.807) is 36.0 Å². The molecule has 2 amide bonds. The number of anilines is 2. The topological polar surface area (TPSA) is 52.7 Å². The number of benzene rings is 3. The quantitative estimate of drug-likeness (QED) is 0.575. The minimum Gasteiger partial charge on any atom is -0.355 e. The van der Waals surface area contributed by atoms with E-state index in [9.17, 15) is 9.59 Å². The summed E-state index contributed by atoms with van der Waals surface area (Å²) in [5, 5.41) is 5.48. The standard InChI is InChI=1S/C24H26ClN3O2/c1-5-28(6-2)24(30)19-13-14-21(18-11-8-12-20(25)22(18)19)26-17-10-7-9-16(15-17)23(29)27(3)4/h7-15,26H,5-6H2,1-4H3. The Balaban J connectivity index is 2.06. The molecular weight excluding hydrogens is 398 g/mol. The summed E-state index contributed by atoms with van der Waals surface area (Å²) in [6.07, 6.45) is 0. The van der Waals surface area contributed by atoms with Crippen molar-refractivity contribution in [3.63, 3.8) is 0 Å². The van der Waals surface area contributed by atoms with Gasteiger partial charge in [-0.2, -0.15) is 0 Å². The van der Waals surface area contributed by atoms with Gasteiger partial charge in [0, 0.05) is 65.5 Å². The molecule has 156 valence electrons. The van der Waals surface area contributed by atoms with Gasteiger partial charge in [0.05, 0.1) is 0 Å². The molecule has 6 heteroatoms. The molecule has 0 fully saturated rings. The third-order valence-corrected chi connectivity index (χ3v) is 5.38. The molecule has 5 nitrogen and oxygen atoms in total. The van der Waals surface area contributed by atoms with E-state index >= 15 is 0 Å². The third-order valence-electron chi connectivity index (χ3n) is 5.07. The predicted molar refractivity (Wildman–Crippen MR) is 124 cm³/mol. The second-order valence-corrected chi connectivity index (χ2v) is 7.61. The lowest BCUT2D eigenvalue weighted by molar-refractivity contribution is 0.0774. The van der Waals surface area contributed by atoms with Crippen LogP contribution in [0.4, 0.5) is 11.4 Å². The number of carbonyl (C=O) groups excluding carboxylic acids is 2. The van der Waals surface area contributed by atoms with Crippen molar-refractivity contribution < 1.29 is 9.59 Å². The first kappa shape index (κ1) is 21.7. The number of nitrogens with one attached hydrogen (secondary N) is 1. The Morgan fingerprint density at radius 3 is 2.30 bits per heavy atom. The molecule has 0 aromatic heterocycles. The van der Waals surface area contributed by atoms with Crippen LogP contribution in [-0.4, -0.2) is 48.8 Å². The van der Waals surface area contributed by atoms with E-state index in [1.807, 2.05) is 56.3 Å². The first-order chi connectivity index (χ1) is 14.4.